The Morgan fingerprint density at radius 2 is 2.03 bits per heavy atom. The van der Waals surface area contributed by atoms with Crippen molar-refractivity contribution in [1.29, 1.82) is 0 Å². The van der Waals surface area contributed by atoms with Gasteiger partial charge in [-0.2, -0.15) is 5.10 Å². The van der Waals surface area contributed by atoms with Crippen LogP contribution >= 0.6 is 0 Å². The highest BCUT2D eigenvalue weighted by molar-refractivity contribution is 6.83. The maximum absolute atomic E-state index is 13.1. The fourth-order valence-corrected chi connectivity index (χ4v) is 4.13. The second-order valence-corrected chi connectivity index (χ2v) is 13.8. The summed E-state index contributed by atoms with van der Waals surface area (Å²) in [5, 5.41) is 6.33. The zero-order valence-corrected chi connectivity index (χ0v) is 20.9. The molecule has 0 saturated carbocycles. The lowest BCUT2D eigenvalue weighted by Crippen LogP contribution is -2.44. The first kappa shape index (κ1) is 26.1. The minimum Gasteiger partial charge on any atom is -0.466 e. The second-order valence-electron chi connectivity index (χ2n) is 9.05. The van der Waals surface area contributed by atoms with Crippen LogP contribution in [0.25, 0.3) is 0 Å². The number of piperidine rings is 1. The van der Waals surface area contributed by atoms with Crippen molar-refractivity contribution in [2.75, 3.05) is 18.1 Å². The molecule has 1 aliphatic heterocycles. The topological polar surface area (TPSA) is 114 Å². The molecule has 1 aromatic carbocycles. The van der Waals surface area contributed by atoms with E-state index < -0.39 is 26.0 Å². The number of hydrogen-bond donors (Lipinski definition) is 2. The molecule has 1 aliphatic rings. The summed E-state index contributed by atoms with van der Waals surface area (Å²) in [5.41, 5.74) is 4.82. The van der Waals surface area contributed by atoms with Gasteiger partial charge in [-0.15, -0.1) is 5.54 Å². The third kappa shape index (κ3) is 8.73. The van der Waals surface area contributed by atoms with Crippen LogP contribution in [0.15, 0.2) is 29.4 Å². The van der Waals surface area contributed by atoms with Crippen LogP contribution in [-0.2, 0) is 19.1 Å². The van der Waals surface area contributed by atoms with Gasteiger partial charge in [0.2, 0.25) is 11.8 Å². The predicted molar refractivity (Wildman–Crippen MR) is 132 cm³/mol. The number of nitrogens with two attached hydrogens (primary N) is 1. The highest BCUT2D eigenvalue weighted by Gasteiger charge is 2.31. The Morgan fingerprint density at radius 3 is 2.64 bits per heavy atom. The maximum atomic E-state index is 13.1. The van der Waals surface area contributed by atoms with Crippen molar-refractivity contribution in [3.05, 3.63) is 29.8 Å². The van der Waals surface area contributed by atoms with Gasteiger partial charge >= 0.3 is 5.97 Å². The number of amides is 2. The summed E-state index contributed by atoms with van der Waals surface area (Å²) in [5.74, 6) is 7.03. The Labute approximate surface area is 196 Å². The minimum absolute atomic E-state index is 0.0136. The molecule has 0 radical (unpaired) electrons. The molecular weight excluding hydrogens is 436 g/mol. The Bertz CT molecular complexity index is 929. The van der Waals surface area contributed by atoms with Gasteiger partial charge in [0.1, 0.15) is 14.1 Å². The maximum Gasteiger partial charge on any atom is 0.308 e. The van der Waals surface area contributed by atoms with Crippen LogP contribution in [0.1, 0.15) is 38.2 Å². The number of carbonyl (C=O) groups is 3. The Kier molecular flexibility index (Phi) is 9.67. The first-order chi connectivity index (χ1) is 15.6. The molecule has 1 aromatic rings. The van der Waals surface area contributed by atoms with Crippen LogP contribution in [0.2, 0.25) is 19.6 Å². The summed E-state index contributed by atoms with van der Waals surface area (Å²) < 4.78 is 5.02. The zero-order valence-electron chi connectivity index (χ0n) is 19.9. The fraction of sp³-hybridized carbons (Fsp3) is 0.500. The van der Waals surface area contributed by atoms with E-state index >= 15 is 0 Å². The molecule has 9 heteroatoms. The fourth-order valence-electron chi connectivity index (χ4n) is 3.53. The van der Waals surface area contributed by atoms with Crippen LogP contribution in [0.4, 0.5) is 5.69 Å². The monoisotopic (exact) mass is 470 g/mol. The molecule has 8 nitrogen and oxygen atoms in total. The van der Waals surface area contributed by atoms with E-state index in [1.54, 1.807) is 11.8 Å². The van der Waals surface area contributed by atoms with E-state index in [-0.39, 0.29) is 31.3 Å². The number of hydrogen-bond acceptors (Lipinski definition) is 6. The first-order valence-electron chi connectivity index (χ1n) is 11.3. The van der Waals surface area contributed by atoms with Gasteiger partial charge in [0.25, 0.3) is 0 Å². The van der Waals surface area contributed by atoms with Gasteiger partial charge in [-0.25, -0.2) is 0 Å². The quantitative estimate of drug-likeness (QED) is 0.151. The molecule has 3 N–H and O–H groups in total. The Balaban J connectivity index is 2.05. The second kappa shape index (κ2) is 12.2. The smallest absolute Gasteiger partial charge is 0.308 e. The van der Waals surface area contributed by atoms with E-state index in [0.29, 0.717) is 13.0 Å². The van der Waals surface area contributed by atoms with Crippen molar-refractivity contribution in [3.63, 3.8) is 0 Å². The summed E-state index contributed by atoms with van der Waals surface area (Å²) in [6, 6.07) is 6.74. The molecule has 178 valence electrons. The number of benzene rings is 1. The van der Waals surface area contributed by atoms with Gasteiger partial charge < -0.3 is 20.8 Å². The average molecular weight is 471 g/mol. The van der Waals surface area contributed by atoms with Gasteiger partial charge in [-0.05, 0) is 37.5 Å². The van der Waals surface area contributed by atoms with E-state index in [0.717, 1.165) is 17.7 Å². The standard InChI is InChI=1S/C24H34N4O4Si/c1-5-32-23(30)16-20(12-14-33(2,3)4)27-22(29)15-19-7-6-13-28(24(19)31)21-10-8-18(9-11-21)17-26-25/h8-11,17,19-20H,5-7,13,15-16,25H2,1-4H3,(H,27,29)/t19?,20-/m1/s1. The summed E-state index contributed by atoms with van der Waals surface area (Å²) in [6.45, 7) is 8.89. The lowest BCUT2D eigenvalue weighted by Gasteiger charge is -2.32. The van der Waals surface area contributed by atoms with Crippen LogP contribution in [0.3, 0.4) is 0 Å². The van der Waals surface area contributed by atoms with Crippen molar-refractivity contribution >= 4 is 37.8 Å². The zero-order chi connectivity index (χ0) is 24.4. The van der Waals surface area contributed by atoms with Crippen molar-refractivity contribution in [2.24, 2.45) is 16.9 Å². The van der Waals surface area contributed by atoms with Gasteiger partial charge in [0.15, 0.2) is 0 Å². The highest BCUT2D eigenvalue weighted by atomic mass is 28.3. The molecular formula is C24H34N4O4Si. The van der Waals surface area contributed by atoms with Crippen molar-refractivity contribution in [1.82, 2.24) is 5.32 Å². The normalized spacial score (nSPS) is 17.3. The van der Waals surface area contributed by atoms with Crippen molar-refractivity contribution in [2.45, 2.75) is 58.3 Å². The van der Waals surface area contributed by atoms with Crippen molar-refractivity contribution in [3.8, 4) is 11.5 Å². The average Bonchev–Trinajstić information content (AvgIpc) is 2.74. The van der Waals surface area contributed by atoms with Gasteiger partial charge in [0, 0.05) is 24.6 Å². The molecule has 0 bridgehead atoms. The number of ether oxygens (including phenoxy) is 1. The molecule has 1 heterocycles. The minimum atomic E-state index is -1.69. The Morgan fingerprint density at radius 1 is 1.33 bits per heavy atom. The molecule has 2 rings (SSSR count). The third-order valence-corrected chi connectivity index (χ3v) is 5.94. The van der Waals surface area contributed by atoms with Gasteiger partial charge in [0.05, 0.1) is 19.2 Å². The molecule has 0 spiro atoms. The summed E-state index contributed by atoms with van der Waals surface area (Å²) >= 11 is 0. The highest BCUT2D eigenvalue weighted by Crippen LogP contribution is 2.26. The van der Waals surface area contributed by atoms with Gasteiger partial charge in [-0.1, -0.05) is 37.7 Å². The van der Waals surface area contributed by atoms with Crippen LogP contribution < -0.4 is 16.1 Å². The molecule has 2 amide bonds. The van der Waals surface area contributed by atoms with Crippen LogP contribution in [0, 0.1) is 17.4 Å². The molecule has 2 atom stereocenters. The van der Waals surface area contributed by atoms with Gasteiger partial charge in [-0.3, -0.25) is 14.4 Å². The summed E-state index contributed by atoms with van der Waals surface area (Å²) in [7, 11) is -1.69. The largest absolute Gasteiger partial charge is 0.466 e. The van der Waals surface area contributed by atoms with E-state index in [4.69, 9.17) is 10.6 Å². The van der Waals surface area contributed by atoms with Crippen LogP contribution in [0.5, 0.6) is 0 Å². The van der Waals surface area contributed by atoms with E-state index in [9.17, 15) is 14.4 Å². The molecule has 1 fully saturated rings. The lowest BCUT2D eigenvalue weighted by atomic mass is 9.92. The lowest BCUT2D eigenvalue weighted by molar-refractivity contribution is -0.143. The predicted octanol–water partition coefficient (Wildman–Crippen LogP) is 2.43. The molecule has 33 heavy (non-hydrogen) atoms. The number of carbonyl (C=O) groups excluding carboxylic acids is 3. The third-order valence-electron chi connectivity index (χ3n) is 5.04. The van der Waals surface area contributed by atoms with E-state index in [1.807, 2.05) is 24.3 Å². The number of anilines is 1. The summed E-state index contributed by atoms with van der Waals surface area (Å²) in [6.07, 6.45) is 3.02. The molecule has 1 saturated heterocycles. The van der Waals surface area contributed by atoms with Crippen molar-refractivity contribution < 1.29 is 19.1 Å². The number of nitrogens with zero attached hydrogens (tertiary/aromatic N) is 2. The Hall–Kier alpha value is -3.12. The number of esters is 1. The van der Waals surface area contributed by atoms with E-state index in [2.05, 4.69) is 41.5 Å². The van der Waals surface area contributed by atoms with Crippen LogP contribution in [-0.4, -0.2) is 51.3 Å². The first-order valence-corrected chi connectivity index (χ1v) is 14.8. The number of hydrazone groups is 1. The van der Waals surface area contributed by atoms with E-state index in [1.165, 1.54) is 6.21 Å². The molecule has 0 aromatic heterocycles. The number of nitrogens with one attached hydrogen (secondary N) is 1. The molecule has 1 unspecified atom stereocenters. The number of rotatable bonds is 8. The summed E-state index contributed by atoms with van der Waals surface area (Å²) in [4.78, 5) is 39.5. The SMILES string of the molecule is CCOC(=O)C[C@@H](C#C[Si](C)(C)C)NC(=O)CC1CCCN(c2ccc(C=NN)cc2)C1=O. The molecule has 0 aliphatic carbocycles.